The Balaban J connectivity index is 0.00000182. The van der Waals surface area contributed by atoms with Gasteiger partial charge in [0.25, 0.3) is 0 Å². The Morgan fingerprint density at radius 2 is 2.11 bits per heavy atom. The molecular formula is C19H28Cl2N4OS. The summed E-state index contributed by atoms with van der Waals surface area (Å²) >= 11 is 1.57. The number of nitrogens with zero attached hydrogens (tertiary/aromatic N) is 2. The lowest BCUT2D eigenvalue weighted by Gasteiger charge is -2.31. The van der Waals surface area contributed by atoms with E-state index in [9.17, 15) is 4.79 Å². The van der Waals surface area contributed by atoms with Crippen LogP contribution in [0.2, 0.25) is 0 Å². The molecule has 1 saturated heterocycles. The molecule has 1 unspecified atom stereocenters. The van der Waals surface area contributed by atoms with E-state index in [1.807, 2.05) is 38.2 Å². The van der Waals surface area contributed by atoms with Crippen molar-refractivity contribution in [3.63, 3.8) is 0 Å². The van der Waals surface area contributed by atoms with E-state index >= 15 is 0 Å². The molecule has 1 fully saturated rings. The van der Waals surface area contributed by atoms with Gasteiger partial charge in [-0.05, 0) is 45.0 Å². The van der Waals surface area contributed by atoms with E-state index < -0.39 is 0 Å². The molecule has 0 saturated carbocycles. The largest absolute Gasteiger partial charge is 0.325 e. The standard InChI is InChI=1S/C19H26N4OS.2ClH/c1-14-6-3-4-8-17(14)22-18(24)10-19-21-16(13-25-19)12-23-9-5-7-15(11-23)20-2;;/h3-4,6,8,13,15,20H,5,7,9-12H2,1-2H3,(H,22,24);2*1H. The average molecular weight is 431 g/mol. The Hall–Kier alpha value is -1.18. The number of hydrogen-bond acceptors (Lipinski definition) is 5. The monoisotopic (exact) mass is 430 g/mol. The number of piperidine rings is 1. The van der Waals surface area contributed by atoms with Crippen molar-refractivity contribution in [1.29, 1.82) is 0 Å². The zero-order valence-electron chi connectivity index (χ0n) is 15.7. The van der Waals surface area contributed by atoms with Gasteiger partial charge in [0.1, 0.15) is 5.01 Å². The van der Waals surface area contributed by atoms with Gasteiger partial charge >= 0.3 is 0 Å². The van der Waals surface area contributed by atoms with Crippen molar-refractivity contribution < 1.29 is 4.79 Å². The van der Waals surface area contributed by atoms with Gasteiger partial charge < -0.3 is 10.6 Å². The topological polar surface area (TPSA) is 57.3 Å². The molecule has 27 heavy (non-hydrogen) atoms. The van der Waals surface area contributed by atoms with Crippen LogP contribution in [0.3, 0.4) is 0 Å². The first-order valence-electron chi connectivity index (χ1n) is 8.82. The van der Waals surface area contributed by atoms with Crippen molar-refractivity contribution in [3.05, 3.63) is 45.9 Å². The number of amides is 1. The van der Waals surface area contributed by atoms with Crippen molar-refractivity contribution >= 4 is 47.7 Å². The lowest BCUT2D eigenvalue weighted by Crippen LogP contribution is -2.43. The van der Waals surface area contributed by atoms with Crippen LogP contribution in [0.25, 0.3) is 0 Å². The summed E-state index contributed by atoms with van der Waals surface area (Å²) < 4.78 is 0. The highest BCUT2D eigenvalue weighted by molar-refractivity contribution is 7.09. The summed E-state index contributed by atoms with van der Waals surface area (Å²) in [6.45, 7) is 5.05. The second-order valence-corrected chi connectivity index (χ2v) is 7.58. The maximum absolute atomic E-state index is 12.3. The number of halogens is 2. The van der Waals surface area contributed by atoms with E-state index in [0.717, 1.165) is 41.6 Å². The summed E-state index contributed by atoms with van der Waals surface area (Å²) in [7, 11) is 2.03. The number of benzene rings is 1. The molecule has 1 atom stereocenters. The summed E-state index contributed by atoms with van der Waals surface area (Å²) in [5, 5.41) is 9.30. The van der Waals surface area contributed by atoms with Gasteiger partial charge in [-0.2, -0.15) is 0 Å². The van der Waals surface area contributed by atoms with Gasteiger partial charge in [-0.3, -0.25) is 9.69 Å². The van der Waals surface area contributed by atoms with Gasteiger partial charge in [0, 0.05) is 30.2 Å². The predicted molar refractivity (Wildman–Crippen MR) is 117 cm³/mol. The molecule has 0 spiro atoms. The number of likely N-dealkylation sites (N-methyl/N-ethyl adjacent to an activating group) is 1. The Labute approximate surface area is 177 Å². The molecule has 2 heterocycles. The maximum Gasteiger partial charge on any atom is 0.231 e. The highest BCUT2D eigenvalue weighted by Gasteiger charge is 2.19. The van der Waals surface area contributed by atoms with Crippen LogP contribution in [0.15, 0.2) is 29.6 Å². The van der Waals surface area contributed by atoms with Crippen LogP contribution >= 0.6 is 36.2 Å². The summed E-state index contributed by atoms with van der Waals surface area (Å²) in [6, 6.07) is 8.40. The van der Waals surface area contributed by atoms with E-state index in [-0.39, 0.29) is 30.7 Å². The first-order chi connectivity index (χ1) is 12.1. The quantitative estimate of drug-likeness (QED) is 0.733. The van der Waals surface area contributed by atoms with Gasteiger partial charge in [-0.1, -0.05) is 18.2 Å². The van der Waals surface area contributed by atoms with Crippen LogP contribution in [0.1, 0.15) is 29.1 Å². The van der Waals surface area contributed by atoms with Gasteiger partial charge in [0.2, 0.25) is 5.91 Å². The third-order valence-corrected chi connectivity index (χ3v) is 5.53. The Bertz CT molecular complexity index is 725. The molecular weight excluding hydrogens is 403 g/mol. The fourth-order valence-corrected chi connectivity index (χ4v) is 4.00. The number of nitrogens with one attached hydrogen (secondary N) is 2. The van der Waals surface area contributed by atoms with E-state index in [1.165, 1.54) is 12.8 Å². The lowest BCUT2D eigenvalue weighted by molar-refractivity contribution is -0.115. The van der Waals surface area contributed by atoms with Crippen LogP contribution in [-0.2, 0) is 17.8 Å². The van der Waals surface area contributed by atoms with E-state index in [4.69, 9.17) is 0 Å². The second kappa shape index (κ2) is 11.6. The Morgan fingerprint density at radius 1 is 1.33 bits per heavy atom. The Kier molecular flexibility index (Phi) is 10.3. The van der Waals surface area contributed by atoms with Gasteiger partial charge in [0.15, 0.2) is 0 Å². The van der Waals surface area contributed by atoms with Gasteiger partial charge in [-0.15, -0.1) is 36.2 Å². The number of hydrogen-bond donors (Lipinski definition) is 2. The van der Waals surface area contributed by atoms with Gasteiger partial charge in [-0.25, -0.2) is 4.98 Å². The molecule has 8 heteroatoms. The highest BCUT2D eigenvalue weighted by atomic mass is 35.5. The third kappa shape index (κ3) is 7.05. The molecule has 1 aliphatic heterocycles. The van der Waals surface area contributed by atoms with Crippen molar-refractivity contribution in [3.8, 4) is 0 Å². The molecule has 2 aromatic rings. The second-order valence-electron chi connectivity index (χ2n) is 6.64. The molecule has 1 aromatic carbocycles. The van der Waals surface area contributed by atoms with Crippen LogP contribution in [0.4, 0.5) is 5.69 Å². The van der Waals surface area contributed by atoms with Crippen molar-refractivity contribution in [2.24, 2.45) is 0 Å². The SMILES string of the molecule is CNC1CCCN(Cc2csc(CC(=O)Nc3ccccc3C)n2)C1.Cl.Cl. The summed E-state index contributed by atoms with van der Waals surface area (Å²) in [6.07, 6.45) is 2.80. The minimum absolute atomic E-state index is 0. The first-order valence-corrected chi connectivity index (χ1v) is 9.70. The molecule has 1 amide bonds. The van der Waals surface area contributed by atoms with E-state index in [2.05, 4.69) is 25.9 Å². The highest BCUT2D eigenvalue weighted by Crippen LogP contribution is 2.18. The molecule has 0 bridgehead atoms. The fraction of sp³-hybridized carbons (Fsp3) is 0.474. The third-order valence-electron chi connectivity index (χ3n) is 4.63. The van der Waals surface area contributed by atoms with Crippen molar-refractivity contribution in [2.45, 2.75) is 38.8 Å². The average Bonchev–Trinajstić information content (AvgIpc) is 3.04. The number of carbonyl (C=O) groups excluding carboxylic acids is 1. The van der Waals surface area contributed by atoms with Crippen molar-refractivity contribution in [2.75, 3.05) is 25.5 Å². The van der Waals surface area contributed by atoms with Crippen LogP contribution in [-0.4, -0.2) is 42.0 Å². The summed E-state index contributed by atoms with van der Waals surface area (Å²) in [5.41, 5.74) is 3.01. The molecule has 0 radical (unpaired) electrons. The first kappa shape index (κ1) is 23.9. The normalized spacial score (nSPS) is 16.9. The number of para-hydroxylation sites is 1. The lowest BCUT2D eigenvalue weighted by atomic mass is 10.1. The number of thiazole rings is 1. The maximum atomic E-state index is 12.3. The van der Waals surface area contributed by atoms with Crippen LogP contribution < -0.4 is 10.6 Å². The predicted octanol–water partition coefficient (Wildman–Crippen LogP) is 3.66. The minimum atomic E-state index is -0.0107. The molecule has 0 aliphatic carbocycles. The molecule has 1 aliphatic rings. The zero-order chi connectivity index (χ0) is 17.6. The van der Waals surface area contributed by atoms with Crippen LogP contribution in [0, 0.1) is 6.92 Å². The minimum Gasteiger partial charge on any atom is -0.325 e. The Morgan fingerprint density at radius 3 is 2.85 bits per heavy atom. The van der Waals surface area contributed by atoms with Crippen molar-refractivity contribution in [1.82, 2.24) is 15.2 Å². The molecule has 2 N–H and O–H groups in total. The number of aryl methyl sites for hydroxylation is 1. The number of rotatable bonds is 6. The number of likely N-dealkylation sites (tertiary alicyclic amines) is 1. The molecule has 3 rings (SSSR count). The van der Waals surface area contributed by atoms with E-state index in [0.29, 0.717) is 12.5 Å². The number of aromatic nitrogens is 1. The number of anilines is 1. The zero-order valence-corrected chi connectivity index (χ0v) is 18.2. The van der Waals surface area contributed by atoms with E-state index in [1.54, 1.807) is 11.3 Å². The number of carbonyl (C=O) groups is 1. The smallest absolute Gasteiger partial charge is 0.231 e. The molecule has 5 nitrogen and oxygen atoms in total. The van der Waals surface area contributed by atoms with Gasteiger partial charge in [0.05, 0.1) is 12.1 Å². The summed E-state index contributed by atoms with van der Waals surface area (Å²) in [5.74, 6) is -0.0107. The fourth-order valence-electron chi connectivity index (χ4n) is 3.21. The summed E-state index contributed by atoms with van der Waals surface area (Å²) in [4.78, 5) is 19.3. The molecule has 1 aromatic heterocycles. The van der Waals surface area contributed by atoms with Crippen LogP contribution in [0.5, 0.6) is 0 Å². The molecule has 150 valence electrons.